The lowest BCUT2D eigenvalue weighted by Gasteiger charge is -2.36. The van der Waals surface area contributed by atoms with E-state index in [0.717, 1.165) is 22.2 Å². The quantitative estimate of drug-likeness (QED) is 0.856. The van der Waals surface area contributed by atoms with Crippen molar-refractivity contribution in [3.63, 3.8) is 0 Å². The van der Waals surface area contributed by atoms with Gasteiger partial charge in [-0.1, -0.05) is 13.8 Å². The van der Waals surface area contributed by atoms with Gasteiger partial charge in [0.15, 0.2) is 0 Å². The van der Waals surface area contributed by atoms with E-state index in [0.29, 0.717) is 6.61 Å². The first kappa shape index (κ1) is 14.2. The van der Waals surface area contributed by atoms with Crippen molar-refractivity contribution >= 4 is 27.3 Å². The summed E-state index contributed by atoms with van der Waals surface area (Å²) < 4.78 is 6.77. The summed E-state index contributed by atoms with van der Waals surface area (Å²) in [6, 6.07) is 1.96. The second kappa shape index (κ2) is 6.15. The Bertz CT molecular complexity index is 321. The molecule has 0 aliphatic carbocycles. The summed E-state index contributed by atoms with van der Waals surface area (Å²) in [6.45, 7) is 6.71. The van der Waals surface area contributed by atoms with Gasteiger partial charge in [-0.25, -0.2) is 0 Å². The average molecular weight is 307 g/mol. The van der Waals surface area contributed by atoms with Crippen LogP contribution in [0.5, 0.6) is 0 Å². The molecule has 1 atom stereocenters. The number of aliphatic hydroxyl groups is 1. The van der Waals surface area contributed by atoms with Crippen LogP contribution >= 0.6 is 27.3 Å². The number of aliphatic hydroxyl groups excluding tert-OH is 1. The van der Waals surface area contributed by atoms with Crippen LogP contribution in [0.1, 0.15) is 44.6 Å². The monoisotopic (exact) mass is 306 g/mol. The summed E-state index contributed by atoms with van der Waals surface area (Å²) in [5.41, 5.74) is -0.456. The van der Waals surface area contributed by atoms with Crippen molar-refractivity contribution in [2.75, 3.05) is 6.61 Å². The molecule has 1 aromatic rings. The Morgan fingerprint density at radius 1 is 1.44 bits per heavy atom. The van der Waals surface area contributed by atoms with Crippen LogP contribution in [0.2, 0.25) is 0 Å². The maximum Gasteiger partial charge on any atom is 0.118 e. The lowest BCUT2D eigenvalue weighted by Crippen LogP contribution is -2.38. The SMILES string of the molecule is CCOC(CC)(CC)C(O)c1sccc1Br. The molecule has 1 N–H and O–H groups in total. The van der Waals surface area contributed by atoms with E-state index in [1.807, 2.05) is 18.4 Å². The zero-order valence-corrected chi connectivity index (χ0v) is 12.4. The van der Waals surface area contributed by atoms with Crippen molar-refractivity contribution in [2.24, 2.45) is 0 Å². The molecule has 1 heterocycles. The van der Waals surface area contributed by atoms with E-state index in [4.69, 9.17) is 4.74 Å². The van der Waals surface area contributed by atoms with Gasteiger partial charge in [0, 0.05) is 11.1 Å². The van der Waals surface area contributed by atoms with Crippen LogP contribution in [0.25, 0.3) is 0 Å². The molecule has 0 bridgehead atoms. The molecule has 0 aliphatic rings. The van der Waals surface area contributed by atoms with E-state index in [1.165, 1.54) is 0 Å². The van der Waals surface area contributed by atoms with Crippen LogP contribution in [0, 0.1) is 0 Å². The third kappa shape index (κ3) is 2.67. The average Bonchev–Trinajstić information content (AvgIpc) is 2.71. The second-order valence-electron chi connectivity index (χ2n) is 3.74. The highest BCUT2D eigenvalue weighted by Crippen LogP contribution is 2.40. The van der Waals surface area contributed by atoms with Crippen LogP contribution in [-0.2, 0) is 4.74 Å². The zero-order valence-electron chi connectivity index (χ0n) is 10.00. The first-order valence-electron chi connectivity index (χ1n) is 5.66. The predicted molar refractivity (Wildman–Crippen MR) is 71.9 cm³/mol. The molecule has 0 spiro atoms. The normalized spacial score (nSPS) is 14.1. The van der Waals surface area contributed by atoms with Gasteiger partial charge in [-0.2, -0.15) is 0 Å². The minimum Gasteiger partial charge on any atom is -0.384 e. The maximum atomic E-state index is 10.5. The molecule has 2 nitrogen and oxygen atoms in total. The third-order valence-corrected chi connectivity index (χ3v) is 4.94. The van der Waals surface area contributed by atoms with Crippen LogP contribution in [0.4, 0.5) is 0 Å². The van der Waals surface area contributed by atoms with E-state index < -0.39 is 11.7 Å². The maximum absolute atomic E-state index is 10.5. The zero-order chi connectivity index (χ0) is 12.2. The van der Waals surface area contributed by atoms with Crippen LogP contribution in [0.15, 0.2) is 15.9 Å². The number of hydrogen-bond donors (Lipinski definition) is 1. The molecule has 0 radical (unpaired) electrons. The Morgan fingerprint density at radius 3 is 2.44 bits per heavy atom. The molecule has 0 aromatic carbocycles. The molecule has 92 valence electrons. The fourth-order valence-corrected chi connectivity index (χ4v) is 3.63. The van der Waals surface area contributed by atoms with E-state index in [1.54, 1.807) is 11.3 Å². The summed E-state index contributed by atoms with van der Waals surface area (Å²) in [7, 11) is 0. The van der Waals surface area contributed by atoms with Gasteiger partial charge in [-0.15, -0.1) is 11.3 Å². The first-order chi connectivity index (χ1) is 7.61. The van der Waals surface area contributed by atoms with Crippen molar-refractivity contribution in [3.05, 3.63) is 20.8 Å². The molecule has 4 heteroatoms. The standard InChI is InChI=1S/C12H19BrO2S/c1-4-12(5-2,15-6-3)11(14)10-9(13)7-8-16-10/h7-8,11,14H,4-6H2,1-3H3. The van der Waals surface area contributed by atoms with E-state index in [9.17, 15) is 5.11 Å². The lowest BCUT2D eigenvalue weighted by molar-refractivity contribution is -0.126. The molecule has 0 amide bonds. The Labute approximate surface area is 110 Å². The minimum atomic E-state index is -0.558. The number of halogens is 1. The summed E-state index contributed by atoms with van der Waals surface area (Å²) in [5.74, 6) is 0. The number of hydrogen-bond acceptors (Lipinski definition) is 3. The van der Waals surface area contributed by atoms with Gasteiger partial charge >= 0.3 is 0 Å². The summed E-state index contributed by atoms with van der Waals surface area (Å²) >= 11 is 5.03. The molecule has 1 aromatic heterocycles. The van der Waals surface area contributed by atoms with Crippen molar-refractivity contribution in [1.29, 1.82) is 0 Å². The largest absolute Gasteiger partial charge is 0.384 e. The fourth-order valence-electron chi connectivity index (χ4n) is 1.95. The Morgan fingerprint density at radius 2 is 2.06 bits per heavy atom. The molecule has 0 saturated heterocycles. The molecule has 0 fully saturated rings. The van der Waals surface area contributed by atoms with Crippen LogP contribution in [0.3, 0.4) is 0 Å². The lowest BCUT2D eigenvalue weighted by atomic mass is 9.89. The van der Waals surface area contributed by atoms with E-state index >= 15 is 0 Å². The topological polar surface area (TPSA) is 29.5 Å². The van der Waals surface area contributed by atoms with Crippen molar-refractivity contribution in [2.45, 2.75) is 45.3 Å². The van der Waals surface area contributed by atoms with Gasteiger partial charge in [-0.3, -0.25) is 0 Å². The van der Waals surface area contributed by atoms with Gasteiger partial charge < -0.3 is 9.84 Å². The predicted octanol–water partition coefficient (Wildman–Crippen LogP) is 4.14. The number of rotatable bonds is 6. The van der Waals surface area contributed by atoms with Crippen LogP contribution < -0.4 is 0 Å². The summed E-state index contributed by atoms with van der Waals surface area (Å²) in [5, 5.41) is 12.5. The fraction of sp³-hybridized carbons (Fsp3) is 0.667. The van der Waals surface area contributed by atoms with Crippen molar-refractivity contribution < 1.29 is 9.84 Å². The summed E-state index contributed by atoms with van der Waals surface area (Å²) in [6.07, 6.45) is 1.06. The van der Waals surface area contributed by atoms with Gasteiger partial charge in [-0.05, 0) is 47.1 Å². The van der Waals surface area contributed by atoms with Gasteiger partial charge in [0.1, 0.15) is 6.10 Å². The van der Waals surface area contributed by atoms with Gasteiger partial charge in [0.2, 0.25) is 0 Å². The molecule has 1 rings (SSSR count). The Kier molecular flexibility index (Phi) is 5.44. The number of thiophene rings is 1. The smallest absolute Gasteiger partial charge is 0.118 e. The third-order valence-electron chi connectivity index (χ3n) is 3.02. The highest BCUT2D eigenvalue weighted by atomic mass is 79.9. The molecule has 16 heavy (non-hydrogen) atoms. The molecule has 0 aliphatic heterocycles. The van der Waals surface area contributed by atoms with Gasteiger partial charge in [0.05, 0.1) is 10.5 Å². The molecule has 1 unspecified atom stereocenters. The molecular weight excluding hydrogens is 288 g/mol. The highest BCUT2D eigenvalue weighted by Gasteiger charge is 2.37. The van der Waals surface area contributed by atoms with Gasteiger partial charge in [0.25, 0.3) is 0 Å². The highest BCUT2D eigenvalue weighted by molar-refractivity contribution is 9.10. The number of ether oxygens (including phenoxy) is 1. The first-order valence-corrected chi connectivity index (χ1v) is 7.33. The van der Waals surface area contributed by atoms with E-state index in [2.05, 4.69) is 29.8 Å². The summed E-state index contributed by atoms with van der Waals surface area (Å²) in [4.78, 5) is 0.956. The minimum absolute atomic E-state index is 0.456. The molecule has 0 saturated carbocycles. The Hall–Kier alpha value is 0.100. The molecular formula is C12H19BrO2S. The van der Waals surface area contributed by atoms with Crippen molar-refractivity contribution in [3.8, 4) is 0 Å². The second-order valence-corrected chi connectivity index (χ2v) is 5.54. The van der Waals surface area contributed by atoms with Crippen LogP contribution in [-0.4, -0.2) is 17.3 Å². The van der Waals surface area contributed by atoms with E-state index in [-0.39, 0.29) is 0 Å². The van der Waals surface area contributed by atoms with Crippen molar-refractivity contribution in [1.82, 2.24) is 0 Å². The Balaban J connectivity index is 2.99.